The highest BCUT2D eigenvalue weighted by Crippen LogP contribution is 2.12. The van der Waals surface area contributed by atoms with E-state index in [-0.39, 0.29) is 6.10 Å². The SMILES string of the molecule is CCCCC(O)/C=C(\C)CC(C)C. The normalized spacial score (nSPS) is 15.1. The second kappa shape index (κ2) is 7.14. The van der Waals surface area contributed by atoms with E-state index in [1.54, 1.807) is 0 Å². The van der Waals surface area contributed by atoms with Gasteiger partial charge in [0.15, 0.2) is 0 Å². The molecule has 0 aliphatic heterocycles. The fourth-order valence-electron chi connectivity index (χ4n) is 1.54. The van der Waals surface area contributed by atoms with Gasteiger partial charge in [0.05, 0.1) is 6.10 Å². The van der Waals surface area contributed by atoms with Crippen molar-refractivity contribution in [1.82, 2.24) is 0 Å². The molecule has 0 aromatic heterocycles. The highest BCUT2D eigenvalue weighted by molar-refractivity contribution is 5.02. The minimum atomic E-state index is -0.223. The van der Waals surface area contributed by atoms with Crippen molar-refractivity contribution in [3.63, 3.8) is 0 Å². The molecule has 0 fully saturated rings. The summed E-state index contributed by atoms with van der Waals surface area (Å²) in [4.78, 5) is 0. The lowest BCUT2D eigenvalue weighted by Gasteiger charge is -2.08. The predicted molar refractivity (Wildman–Crippen MR) is 58.7 cm³/mol. The maximum atomic E-state index is 9.59. The first-order valence-electron chi connectivity index (χ1n) is 5.41. The van der Waals surface area contributed by atoms with Crippen molar-refractivity contribution in [2.24, 2.45) is 5.92 Å². The number of aliphatic hydroxyl groups excluding tert-OH is 1. The van der Waals surface area contributed by atoms with Gasteiger partial charge in [0.2, 0.25) is 0 Å². The van der Waals surface area contributed by atoms with Crippen LogP contribution in [0.3, 0.4) is 0 Å². The van der Waals surface area contributed by atoms with Crippen LogP contribution in [-0.2, 0) is 0 Å². The van der Waals surface area contributed by atoms with Crippen LogP contribution in [0, 0.1) is 5.92 Å². The molecule has 0 spiro atoms. The van der Waals surface area contributed by atoms with Gasteiger partial charge in [-0.3, -0.25) is 0 Å². The van der Waals surface area contributed by atoms with Crippen LogP contribution in [-0.4, -0.2) is 11.2 Å². The predicted octanol–water partition coefficient (Wildman–Crippen LogP) is 3.53. The third-order valence-corrected chi connectivity index (χ3v) is 2.06. The molecule has 0 aromatic carbocycles. The van der Waals surface area contributed by atoms with Gasteiger partial charge in [0, 0.05) is 0 Å². The van der Waals surface area contributed by atoms with Gasteiger partial charge in [-0.1, -0.05) is 45.3 Å². The van der Waals surface area contributed by atoms with Crippen LogP contribution < -0.4 is 0 Å². The van der Waals surface area contributed by atoms with Gasteiger partial charge in [0.1, 0.15) is 0 Å². The number of hydrogen-bond acceptors (Lipinski definition) is 1. The summed E-state index contributed by atoms with van der Waals surface area (Å²) in [6, 6.07) is 0. The molecule has 0 bridgehead atoms. The topological polar surface area (TPSA) is 20.2 Å². The van der Waals surface area contributed by atoms with Crippen LogP contribution in [0.4, 0.5) is 0 Å². The molecule has 1 N–H and O–H groups in total. The van der Waals surface area contributed by atoms with Crippen molar-refractivity contribution >= 4 is 0 Å². The van der Waals surface area contributed by atoms with Gasteiger partial charge in [-0.2, -0.15) is 0 Å². The van der Waals surface area contributed by atoms with Crippen LogP contribution in [0.1, 0.15) is 53.4 Å². The zero-order valence-electron chi connectivity index (χ0n) is 9.51. The average Bonchev–Trinajstić information content (AvgIpc) is 1.98. The van der Waals surface area contributed by atoms with Crippen molar-refractivity contribution in [1.29, 1.82) is 0 Å². The number of rotatable bonds is 6. The molecule has 1 unspecified atom stereocenters. The highest BCUT2D eigenvalue weighted by atomic mass is 16.3. The molecule has 0 saturated carbocycles. The van der Waals surface area contributed by atoms with Crippen molar-refractivity contribution in [3.05, 3.63) is 11.6 Å². The van der Waals surface area contributed by atoms with Gasteiger partial charge in [-0.05, 0) is 25.7 Å². The van der Waals surface area contributed by atoms with Gasteiger partial charge >= 0.3 is 0 Å². The summed E-state index contributed by atoms with van der Waals surface area (Å²) >= 11 is 0. The second-order valence-electron chi connectivity index (χ2n) is 4.32. The zero-order chi connectivity index (χ0) is 10.3. The highest BCUT2D eigenvalue weighted by Gasteiger charge is 2.01. The second-order valence-corrected chi connectivity index (χ2v) is 4.32. The Hall–Kier alpha value is -0.300. The largest absolute Gasteiger partial charge is 0.389 e. The number of allylic oxidation sites excluding steroid dienone is 1. The van der Waals surface area contributed by atoms with Crippen LogP contribution >= 0.6 is 0 Å². The molecule has 1 nitrogen and oxygen atoms in total. The Morgan fingerprint density at radius 1 is 1.38 bits per heavy atom. The van der Waals surface area contributed by atoms with Gasteiger partial charge in [-0.25, -0.2) is 0 Å². The minimum Gasteiger partial charge on any atom is -0.389 e. The van der Waals surface area contributed by atoms with E-state index in [9.17, 15) is 5.11 Å². The molecule has 1 atom stereocenters. The van der Waals surface area contributed by atoms with Crippen molar-refractivity contribution in [3.8, 4) is 0 Å². The van der Waals surface area contributed by atoms with Gasteiger partial charge < -0.3 is 5.11 Å². The number of hydrogen-bond donors (Lipinski definition) is 1. The first-order chi connectivity index (χ1) is 6.06. The Balaban J connectivity index is 3.76. The monoisotopic (exact) mass is 184 g/mol. The van der Waals surface area contributed by atoms with Gasteiger partial charge in [0.25, 0.3) is 0 Å². The maximum Gasteiger partial charge on any atom is 0.0723 e. The maximum absolute atomic E-state index is 9.59. The summed E-state index contributed by atoms with van der Waals surface area (Å²) in [5.74, 6) is 0.689. The van der Waals surface area contributed by atoms with Crippen LogP contribution in [0.15, 0.2) is 11.6 Å². The third-order valence-electron chi connectivity index (χ3n) is 2.06. The zero-order valence-corrected chi connectivity index (χ0v) is 9.51. The smallest absolute Gasteiger partial charge is 0.0723 e. The molecule has 0 amide bonds. The molecule has 78 valence electrons. The van der Waals surface area contributed by atoms with E-state index in [1.165, 1.54) is 5.57 Å². The standard InChI is InChI=1S/C12H24O/c1-5-6-7-12(13)9-11(4)8-10(2)3/h9-10,12-13H,5-8H2,1-4H3/b11-9+. The quantitative estimate of drug-likeness (QED) is 0.626. The van der Waals surface area contributed by atoms with Crippen molar-refractivity contribution in [2.75, 3.05) is 0 Å². The molecule has 0 heterocycles. The van der Waals surface area contributed by atoms with E-state index in [1.807, 2.05) is 6.08 Å². The molecular formula is C12H24O. The van der Waals surface area contributed by atoms with Crippen molar-refractivity contribution < 1.29 is 5.11 Å². The lowest BCUT2D eigenvalue weighted by molar-refractivity contribution is 0.208. The van der Waals surface area contributed by atoms with E-state index in [2.05, 4.69) is 27.7 Å². The van der Waals surface area contributed by atoms with Gasteiger partial charge in [-0.15, -0.1) is 0 Å². The van der Waals surface area contributed by atoms with Crippen LogP contribution in [0.25, 0.3) is 0 Å². The molecule has 1 heteroatoms. The van der Waals surface area contributed by atoms with E-state index < -0.39 is 0 Å². The fraction of sp³-hybridized carbons (Fsp3) is 0.833. The summed E-state index contributed by atoms with van der Waals surface area (Å²) in [5, 5.41) is 9.59. The molecule has 13 heavy (non-hydrogen) atoms. The number of aliphatic hydroxyl groups is 1. The van der Waals surface area contributed by atoms with Crippen LogP contribution in [0.5, 0.6) is 0 Å². The minimum absolute atomic E-state index is 0.223. The van der Waals surface area contributed by atoms with E-state index >= 15 is 0 Å². The Labute approximate surface area is 82.9 Å². The first kappa shape index (κ1) is 12.7. The lowest BCUT2D eigenvalue weighted by atomic mass is 10.0. The van der Waals surface area contributed by atoms with E-state index in [4.69, 9.17) is 0 Å². The summed E-state index contributed by atoms with van der Waals surface area (Å²) in [7, 11) is 0. The third kappa shape index (κ3) is 8.04. The van der Waals surface area contributed by atoms with Crippen molar-refractivity contribution in [2.45, 2.75) is 59.5 Å². The summed E-state index contributed by atoms with van der Waals surface area (Å²) in [5.41, 5.74) is 1.32. The van der Waals surface area contributed by atoms with E-state index in [0.717, 1.165) is 25.7 Å². The van der Waals surface area contributed by atoms with E-state index in [0.29, 0.717) is 5.92 Å². The molecular weight excluding hydrogens is 160 g/mol. The molecule has 0 radical (unpaired) electrons. The lowest BCUT2D eigenvalue weighted by Crippen LogP contribution is -2.03. The molecule has 0 rings (SSSR count). The Kier molecular flexibility index (Phi) is 6.97. The molecule has 0 aliphatic rings. The molecule has 0 aromatic rings. The summed E-state index contributed by atoms with van der Waals surface area (Å²) in [6.07, 6.45) is 6.07. The summed E-state index contributed by atoms with van der Waals surface area (Å²) in [6.45, 7) is 8.66. The Bertz CT molecular complexity index is 147. The van der Waals surface area contributed by atoms with Crippen LogP contribution in [0.2, 0.25) is 0 Å². The summed E-state index contributed by atoms with van der Waals surface area (Å²) < 4.78 is 0. The average molecular weight is 184 g/mol. The first-order valence-corrected chi connectivity index (χ1v) is 5.41. The Morgan fingerprint density at radius 2 is 2.00 bits per heavy atom. The fourth-order valence-corrected chi connectivity index (χ4v) is 1.54. The molecule has 0 aliphatic carbocycles. The molecule has 0 saturated heterocycles. The number of unbranched alkanes of at least 4 members (excludes halogenated alkanes) is 1. The Morgan fingerprint density at radius 3 is 2.46 bits per heavy atom.